The Hall–Kier alpha value is -6.83. The van der Waals surface area contributed by atoms with E-state index in [1.807, 2.05) is 12.1 Å². The molecule has 0 saturated carbocycles. The molecule has 0 spiro atoms. The molecule has 0 aliphatic heterocycles. The van der Waals surface area contributed by atoms with Gasteiger partial charge in [-0.3, -0.25) is 0 Å². The Morgan fingerprint density at radius 2 is 1.13 bits per heavy atom. The highest BCUT2D eigenvalue weighted by atomic mass is 19.1. The summed E-state index contributed by atoms with van der Waals surface area (Å²) in [5, 5.41) is 0. The fraction of sp³-hybridized carbons (Fsp3) is 0.347. The Balaban J connectivity index is 1.95. The number of hydrogen-bond acceptors (Lipinski definition) is 13. The zero-order valence-electron chi connectivity index (χ0n) is 36.5. The molecule has 0 saturated heterocycles. The Morgan fingerprint density at radius 3 is 1.68 bits per heavy atom. The van der Waals surface area contributed by atoms with Crippen LogP contribution in [0, 0.1) is 11.2 Å². The molecule has 0 bridgehead atoms. The summed E-state index contributed by atoms with van der Waals surface area (Å²) in [6, 6.07) is 17.4. The van der Waals surface area contributed by atoms with E-state index in [0.29, 0.717) is 33.6 Å². The Morgan fingerprint density at radius 1 is 0.603 bits per heavy atom. The van der Waals surface area contributed by atoms with E-state index in [4.69, 9.17) is 23.7 Å². The number of ether oxygens (including phenoxy) is 7. The van der Waals surface area contributed by atoms with Crippen LogP contribution in [0.5, 0.6) is 5.75 Å². The molecule has 0 amide bonds. The third-order valence-corrected chi connectivity index (χ3v) is 9.45. The first-order valence-corrected chi connectivity index (χ1v) is 20.3. The molecule has 3 aromatic rings. The molecule has 0 aromatic heterocycles. The molecule has 0 fully saturated rings. The van der Waals surface area contributed by atoms with Gasteiger partial charge in [0.1, 0.15) is 50.0 Å². The number of methoxy groups -OCH3 is 2. The molecule has 0 atom stereocenters. The number of rotatable bonds is 25. The number of aryl methyl sites for hydroxylation is 1. The predicted octanol–water partition coefficient (Wildman–Crippen LogP) is 8.32. The molecule has 3 rings (SSSR count). The first kappa shape index (κ1) is 50.5. The van der Waals surface area contributed by atoms with Crippen LogP contribution in [0.15, 0.2) is 109 Å². The van der Waals surface area contributed by atoms with Crippen molar-refractivity contribution in [3.05, 3.63) is 126 Å². The fourth-order valence-corrected chi connectivity index (χ4v) is 5.82. The minimum atomic E-state index is -1.55. The van der Waals surface area contributed by atoms with E-state index in [2.05, 4.69) is 29.6 Å². The number of hydrogen-bond donors (Lipinski definition) is 0. The summed E-state index contributed by atoms with van der Waals surface area (Å²) in [6.45, 7) is 10.3. The van der Waals surface area contributed by atoms with Gasteiger partial charge in [0.15, 0.2) is 0 Å². The lowest BCUT2D eigenvalue weighted by Crippen LogP contribution is -2.44. The van der Waals surface area contributed by atoms with Gasteiger partial charge in [-0.2, -0.15) is 0 Å². The lowest BCUT2D eigenvalue weighted by molar-refractivity contribution is -0.159. The van der Waals surface area contributed by atoms with Gasteiger partial charge in [0.05, 0.1) is 14.2 Å². The quantitative estimate of drug-likeness (QED) is 0.0346. The molecule has 63 heavy (non-hydrogen) atoms. The second-order valence-electron chi connectivity index (χ2n) is 14.8. The maximum atomic E-state index is 15.6. The third kappa shape index (κ3) is 17.2. The van der Waals surface area contributed by atoms with Crippen molar-refractivity contribution in [2.24, 2.45) is 5.41 Å². The van der Waals surface area contributed by atoms with Gasteiger partial charge in [-0.05, 0) is 78.8 Å². The van der Waals surface area contributed by atoms with E-state index in [9.17, 15) is 28.8 Å². The average molecular weight is 871 g/mol. The smallest absolute Gasteiger partial charge is 0.333 e. The fourth-order valence-electron chi connectivity index (χ4n) is 5.82. The largest absolute Gasteiger partial charge is 0.493 e. The molecule has 14 heteroatoms. The number of carbonyl (C=O) groups excluding carboxylic acids is 6. The van der Waals surface area contributed by atoms with Crippen LogP contribution in [0.3, 0.4) is 0 Å². The second-order valence-corrected chi connectivity index (χ2v) is 14.8. The standard InChI is InChI=1S/C49H55FO13/c1-8-9-10-11-12-13-35-14-20-41(42(50)26-35)37-17-21-40(38(27-37)28-59-47(55)33(2)3)36-15-18-39(19-16-36)60-29-49(32-63-48(56)34(4)5,30-61-45(53)24-22-43(51)57-6)31-62-46(54)25-23-44(52)58-7/h14-27H,2,4,8-13,28-32H2,1,3,5-7H3/b24-22+,25-23+. The van der Waals surface area contributed by atoms with Crippen LogP contribution in [-0.4, -0.2) is 76.5 Å². The van der Waals surface area contributed by atoms with Crippen molar-refractivity contribution >= 4 is 35.8 Å². The van der Waals surface area contributed by atoms with Crippen molar-refractivity contribution in [2.75, 3.05) is 40.6 Å². The van der Waals surface area contributed by atoms with Gasteiger partial charge in [-0.1, -0.05) is 82.2 Å². The maximum absolute atomic E-state index is 15.6. The van der Waals surface area contributed by atoms with Gasteiger partial charge in [-0.15, -0.1) is 0 Å². The van der Waals surface area contributed by atoms with E-state index >= 15 is 4.39 Å². The number of benzene rings is 3. The summed E-state index contributed by atoms with van der Waals surface area (Å²) in [5.41, 5.74) is 2.62. The number of unbranched alkanes of at least 4 members (excludes halogenated alkanes) is 4. The highest BCUT2D eigenvalue weighted by Gasteiger charge is 2.37. The molecule has 3 aromatic carbocycles. The zero-order valence-corrected chi connectivity index (χ0v) is 36.5. The molecule has 13 nitrogen and oxygen atoms in total. The summed E-state index contributed by atoms with van der Waals surface area (Å²) in [5.74, 6) is -5.01. The van der Waals surface area contributed by atoms with Gasteiger partial charge in [0, 0.05) is 41.0 Å². The van der Waals surface area contributed by atoms with Gasteiger partial charge < -0.3 is 33.2 Å². The summed E-state index contributed by atoms with van der Waals surface area (Å²) >= 11 is 0. The van der Waals surface area contributed by atoms with Crippen LogP contribution in [0.2, 0.25) is 0 Å². The number of halogens is 1. The van der Waals surface area contributed by atoms with Crippen LogP contribution < -0.4 is 4.74 Å². The first-order valence-electron chi connectivity index (χ1n) is 20.3. The SMILES string of the molecule is C=C(C)C(=O)OCc1cc(-c2ccc(CCCCCCC)cc2F)ccc1-c1ccc(OCC(COC(=O)/C=C/C(=O)OC)(COC(=O)/C=C/C(=O)OC)COC(=O)C(=C)C)cc1. The van der Waals surface area contributed by atoms with Crippen molar-refractivity contribution in [3.8, 4) is 28.0 Å². The van der Waals surface area contributed by atoms with Crippen LogP contribution >= 0.6 is 0 Å². The van der Waals surface area contributed by atoms with Gasteiger partial charge >= 0.3 is 35.8 Å². The van der Waals surface area contributed by atoms with E-state index < -0.39 is 61.1 Å². The predicted molar refractivity (Wildman–Crippen MR) is 232 cm³/mol. The third-order valence-electron chi connectivity index (χ3n) is 9.45. The second kappa shape index (κ2) is 25.8. The summed E-state index contributed by atoms with van der Waals surface area (Å²) in [6.07, 6.45) is 9.70. The molecular formula is C49H55FO13. The molecule has 0 radical (unpaired) electrons. The first-order chi connectivity index (χ1) is 30.1. The normalized spacial score (nSPS) is 11.1. The lowest BCUT2D eigenvalue weighted by Gasteiger charge is -2.31. The van der Waals surface area contributed by atoms with Crippen LogP contribution in [0.1, 0.15) is 64.0 Å². The van der Waals surface area contributed by atoms with Gasteiger partial charge in [0.2, 0.25) is 0 Å². The van der Waals surface area contributed by atoms with Gasteiger partial charge in [0.25, 0.3) is 0 Å². The summed E-state index contributed by atoms with van der Waals surface area (Å²) in [7, 11) is 2.25. The molecule has 0 N–H and O–H groups in total. The van der Waals surface area contributed by atoms with E-state index in [-0.39, 0.29) is 30.2 Å². The zero-order chi connectivity index (χ0) is 46.4. The van der Waals surface area contributed by atoms with Crippen molar-refractivity contribution in [1.82, 2.24) is 0 Å². The maximum Gasteiger partial charge on any atom is 0.333 e. The minimum absolute atomic E-state index is 0.0600. The molecule has 336 valence electrons. The molecule has 0 unspecified atom stereocenters. The summed E-state index contributed by atoms with van der Waals surface area (Å²) < 4.78 is 52.4. The molecule has 0 aliphatic carbocycles. The van der Waals surface area contributed by atoms with E-state index in [0.717, 1.165) is 76.2 Å². The molecule has 0 heterocycles. The van der Waals surface area contributed by atoms with E-state index in [1.54, 1.807) is 48.5 Å². The van der Waals surface area contributed by atoms with Crippen molar-refractivity contribution in [1.29, 1.82) is 0 Å². The van der Waals surface area contributed by atoms with E-state index in [1.165, 1.54) is 20.3 Å². The van der Waals surface area contributed by atoms with Crippen molar-refractivity contribution in [2.45, 2.75) is 65.9 Å². The highest BCUT2D eigenvalue weighted by Crippen LogP contribution is 2.33. The number of esters is 6. The summed E-state index contributed by atoms with van der Waals surface area (Å²) in [4.78, 5) is 73.3. The van der Waals surface area contributed by atoms with Gasteiger partial charge in [-0.25, -0.2) is 33.2 Å². The Labute approximate surface area is 367 Å². The van der Waals surface area contributed by atoms with Crippen LogP contribution in [0.25, 0.3) is 22.3 Å². The highest BCUT2D eigenvalue weighted by molar-refractivity contribution is 5.92. The van der Waals surface area contributed by atoms with Crippen molar-refractivity contribution < 1.29 is 66.3 Å². The molecule has 0 aliphatic rings. The monoisotopic (exact) mass is 870 g/mol. The lowest BCUT2D eigenvalue weighted by atomic mass is 9.92. The van der Waals surface area contributed by atoms with Crippen LogP contribution in [-0.2, 0) is 70.2 Å². The van der Waals surface area contributed by atoms with Crippen molar-refractivity contribution in [3.63, 3.8) is 0 Å². The molecular weight excluding hydrogens is 816 g/mol. The average Bonchev–Trinajstić information content (AvgIpc) is 3.28. The number of carbonyl (C=O) groups is 6. The Bertz CT molecular complexity index is 2130. The topological polar surface area (TPSA) is 167 Å². The Kier molecular flexibility index (Phi) is 20.7. The minimum Gasteiger partial charge on any atom is -0.493 e. The van der Waals surface area contributed by atoms with Crippen LogP contribution in [0.4, 0.5) is 4.39 Å².